The molecule has 0 unspecified atom stereocenters. The fraction of sp³-hybridized carbons (Fsp3) is 0.778. The first-order valence-corrected chi connectivity index (χ1v) is 3.64. The van der Waals surface area contributed by atoms with Gasteiger partial charge >= 0.3 is 0 Å². The largest absolute Gasteiger partial charge is 0.198 e. The Morgan fingerprint density at radius 3 is 1.27 bits per heavy atom. The average molecular weight is 152 g/mol. The Morgan fingerprint density at radius 2 is 1.27 bits per heavy atom. The zero-order valence-corrected chi connectivity index (χ0v) is 7.97. The van der Waals surface area contributed by atoms with E-state index in [9.17, 15) is 0 Å². The van der Waals surface area contributed by atoms with E-state index >= 15 is 0 Å². The van der Waals surface area contributed by atoms with Gasteiger partial charge in [0.15, 0.2) is 0 Å². The standard InChI is InChI=1S/C5H9N.C4H7N/c1-5(2,3)4-6;1-4(2)3-5/h1-3H3;4H,1-2H3. The van der Waals surface area contributed by atoms with Crippen molar-refractivity contribution in [2.75, 3.05) is 0 Å². The maximum absolute atomic E-state index is 8.15. The fourth-order valence-electron chi connectivity index (χ4n) is 0. The lowest BCUT2D eigenvalue weighted by Crippen LogP contribution is -1.97. The maximum Gasteiger partial charge on any atom is 0.0680 e. The van der Waals surface area contributed by atoms with E-state index in [4.69, 9.17) is 10.5 Å². The summed E-state index contributed by atoms with van der Waals surface area (Å²) in [5, 5.41) is 16.0. The molecule has 11 heavy (non-hydrogen) atoms. The summed E-state index contributed by atoms with van der Waals surface area (Å²) < 4.78 is 0. The molecule has 2 heteroatoms. The topological polar surface area (TPSA) is 47.6 Å². The van der Waals surface area contributed by atoms with Gasteiger partial charge in [-0.3, -0.25) is 0 Å². The van der Waals surface area contributed by atoms with Crippen LogP contribution in [0, 0.1) is 34.0 Å². The number of rotatable bonds is 0. The molecule has 0 amide bonds. The van der Waals surface area contributed by atoms with Gasteiger partial charge in [0.2, 0.25) is 0 Å². The molecule has 0 heterocycles. The lowest BCUT2D eigenvalue weighted by atomic mass is 10.0. The van der Waals surface area contributed by atoms with Crippen LogP contribution in [0.25, 0.3) is 0 Å². The highest BCUT2D eigenvalue weighted by Gasteiger charge is 2.04. The van der Waals surface area contributed by atoms with Gasteiger partial charge in [0.1, 0.15) is 0 Å². The number of hydrogen-bond donors (Lipinski definition) is 0. The third-order valence-electron chi connectivity index (χ3n) is 0.594. The highest BCUT2D eigenvalue weighted by Crippen LogP contribution is 2.08. The zero-order chi connectivity index (χ0) is 9.49. The molecule has 0 aliphatic carbocycles. The van der Waals surface area contributed by atoms with Gasteiger partial charge in [-0.1, -0.05) is 0 Å². The SMILES string of the molecule is CC(C)(C)C#N.CC(C)C#N. The smallest absolute Gasteiger partial charge is 0.0680 e. The van der Waals surface area contributed by atoms with E-state index in [1.54, 1.807) is 0 Å². The van der Waals surface area contributed by atoms with Gasteiger partial charge in [-0.2, -0.15) is 10.5 Å². The molecular weight excluding hydrogens is 136 g/mol. The Morgan fingerprint density at radius 1 is 1.09 bits per heavy atom. The van der Waals surface area contributed by atoms with Crippen molar-refractivity contribution < 1.29 is 0 Å². The number of hydrogen-bond acceptors (Lipinski definition) is 2. The van der Waals surface area contributed by atoms with E-state index in [1.807, 2.05) is 40.7 Å². The highest BCUT2D eigenvalue weighted by molar-refractivity contribution is 4.86. The molecule has 0 radical (unpaired) electrons. The van der Waals surface area contributed by atoms with Crippen LogP contribution in [0.15, 0.2) is 0 Å². The van der Waals surface area contributed by atoms with Crippen LogP contribution >= 0.6 is 0 Å². The molecule has 0 fully saturated rings. The summed E-state index contributed by atoms with van der Waals surface area (Å²) in [7, 11) is 0. The predicted octanol–water partition coefficient (Wildman–Crippen LogP) is 2.72. The van der Waals surface area contributed by atoms with Gasteiger partial charge in [-0.25, -0.2) is 0 Å². The van der Waals surface area contributed by atoms with Crippen molar-refractivity contribution in [2.45, 2.75) is 34.6 Å². The van der Waals surface area contributed by atoms with E-state index in [-0.39, 0.29) is 11.3 Å². The van der Waals surface area contributed by atoms with Crippen molar-refractivity contribution in [3.8, 4) is 12.1 Å². The molecule has 0 bridgehead atoms. The maximum atomic E-state index is 8.15. The molecule has 0 N–H and O–H groups in total. The minimum Gasteiger partial charge on any atom is -0.198 e. The molecule has 0 rings (SSSR count). The quantitative estimate of drug-likeness (QED) is 0.535. The molecule has 62 valence electrons. The van der Waals surface area contributed by atoms with E-state index in [1.165, 1.54) is 0 Å². The van der Waals surface area contributed by atoms with Crippen molar-refractivity contribution in [3.05, 3.63) is 0 Å². The predicted molar refractivity (Wildman–Crippen MR) is 45.5 cm³/mol. The van der Waals surface area contributed by atoms with Crippen LogP contribution in [0.2, 0.25) is 0 Å². The second-order valence-electron chi connectivity index (χ2n) is 3.65. The van der Waals surface area contributed by atoms with Crippen LogP contribution in [0.5, 0.6) is 0 Å². The van der Waals surface area contributed by atoms with Crippen LogP contribution in [0.4, 0.5) is 0 Å². The summed E-state index contributed by atoms with van der Waals surface area (Å²) in [4.78, 5) is 0. The molecule has 0 aliphatic rings. The summed E-state index contributed by atoms with van der Waals surface area (Å²) in [6.45, 7) is 9.37. The van der Waals surface area contributed by atoms with Crippen molar-refractivity contribution >= 4 is 0 Å². The third-order valence-corrected chi connectivity index (χ3v) is 0.594. The fourth-order valence-corrected chi connectivity index (χ4v) is 0. The van der Waals surface area contributed by atoms with Crippen LogP contribution in [-0.4, -0.2) is 0 Å². The minimum atomic E-state index is -0.153. The van der Waals surface area contributed by atoms with Crippen LogP contribution in [0.1, 0.15) is 34.6 Å². The summed E-state index contributed by atoms with van der Waals surface area (Å²) in [6.07, 6.45) is 0. The summed E-state index contributed by atoms with van der Waals surface area (Å²) in [6, 6.07) is 4.13. The van der Waals surface area contributed by atoms with Gasteiger partial charge in [0.05, 0.1) is 12.1 Å². The monoisotopic (exact) mass is 152 g/mol. The number of nitriles is 2. The Balaban J connectivity index is 0. The van der Waals surface area contributed by atoms with E-state index in [0.29, 0.717) is 0 Å². The van der Waals surface area contributed by atoms with E-state index in [2.05, 4.69) is 6.07 Å². The van der Waals surface area contributed by atoms with Crippen molar-refractivity contribution in [1.29, 1.82) is 10.5 Å². The van der Waals surface area contributed by atoms with E-state index < -0.39 is 0 Å². The highest BCUT2D eigenvalue weighted by atomic mass is 14.3. The van der Waals surface area contributed by atoms with Crippen LogP contribution in [0.3, 0.4) is 0 Å². The van der Waals surface area contributed by atoms with Gasteiger partial charge in [-0.05, 0) is 34.6 Å². The first-order valence-electron chi connectivity index (χ1n) is 3.64. The molecule has 0 saturated carbocycles. The average Bonchev–Trinajstić information content (AvgIpc) is 1.88. The number of nitrogens with zero attached hydrogens (tertiary/aromatic N) is 2. The second kappa shape index (κ2) is 5.74. The normalized spacial score (nSPS) is 9.09. The second-order valence-corrected chi connectivity index (χ2v) is 3.65. The summed E-state index contributed by atoms with van der Waals surface area (Å²) in [5.41, 5.74) is -0.153. The Bertz CT molecular complexity index is 161. The van der Waals surface area contributed by atoms with Gasteiger partial charge in [-0.15, -0.1) is 0 Å². The molecule has 0 spiro atoms. The summed E-state index contributed by atoms with van der Waals surface area (Å²) >= 11 is 0. The minimum absolute atomic E-state index is 0.153. The molecule has 0 aromatic heterocycles. The molecule has 2 nitrogen and oxygen atoms in total. The van der Waals surface area contributed by atoms with Gasteiger partial charge in [0.25, 0.3) is 0 Å². The zero-order valence-electron chi connectivity index (χ0n) is 7.97. The van der Waals surface area contributed by atoms with E-state index in [0.717, 1.165) is 0 Å². The Kier molecular flexibility index (Phi) is 6.60. The lowest BCUT2D eigenvalue weighted by molar-refractivity contribution is 0.561. The van der Waals surface area contributed by atoms with Crippen LogP contribution < -0.4 is 0 Å². The molecule has 0 aliphatic heterocycles. The van der Waals surface area contributed by atoms with Crippen LogP contribution in [-0.2, 0) is 0 Å². The lowest BCUT2D eigenvalue weighted by Gasteiger charge is -2.01. The Hall–Kier alpha value is -1.02. The van der Waals surface area contributed by atoms with Crippen molar-refractivity contribution in [2.24, 2.45) is 11.3 Å². The Labute approximate surface area is 69.4 Å². The molecule has 0 saturated heterocycles. The van der Waals surface area contributed by atoms with Gasteiger partial charge < -0.3 is 0 Å². The molecule has 0 aromatic rings. The molecular formula is C9H16N2. The third kappa shape index (κ3) is 27.6. The first-order chi connectivity index (χ1) is 4.83. The van der Waals surface area contributed by atoms with Crippen molar-refractivity contribution in [3.63, 3.8) is 0 Å². The summed E-state index contributed by atoms with van der Waals surface area (Å²) in [5.74, 6) is 0.190. The first kappa shape index (κ1) is 12.6. The van der Waals surface area contributed by atoms with Crippen molar-refractivity contribution in [1.82, 2.24) is 0 Å². The molecule has 0 atom stereocenters. The molecule has 0 aromatic carbocycles. The van der Waals surface area contributed by atoms with Gasteiger partial charge in [0, 0.05) is 11.3 Å².